The van der Waals surface area contributed by atoms with Gasteiger partial charge in [0.25, 0.3) is 0 Å². The fraction of sp³-hybridized carbons (Fsp3) is 0.250. The molecule has 2 aromatic rings. The van der Waals surface area contributed by atoms with Crippen molar-refractivity contribution >= 4 is 33.2 Å². The van der Waals surface area contributed by atoms with Gasteiger partial charge in [-0.1, -0.05) is 47.5 Å². The molecule has 1 N–H and O–H groups in total. The first-order valence-electron chi connectivity index (χ1n) is 6.91. The Kier molecular flexibility index (Phi) is 6.26. The zero-order valence-corrected chi connectivity index (χ0v) is 14.3. The van der Waals surface area contributed by atoms with Crippen molar-refractivity contribution in [3.8, 4) is 0 Å². The van der Waals surface area contributed by atoms with E-state index in [9.17, 15) is 8.42 Å². The highest BCUT2D eigenvalue weighted by Gasteiger charge is 2.11. The van der Waals surface area contributed by atoms with Crippen molar-refractivity contribution in [1.29, 1.82) is 0 Å². The van der Waals surface area contributed by atoms with Crippen LogP contribution in [0, 0.1) is 0 Å². The summed E-state index contributed by atoms with van der Waals surface area (Å²) in [5, 5.41) is 1.24. The van der Waals surface area contributed by atoms with Crippen LogP contribution in [-0.4, -0.2) is 15.0 Å². The molecule has 2 rings (SSSR count). The average Bonchev–Trinajstić information content (AvgIpc) is 2.45. The van der Waals surface area contributed by atoms with Gasteiger partial charge in [0, 0.05) is 16.6 Å². The van der Waals surface area contributed by atoms with Crippen LogP contribution >= 0.6 is 23.2 Å². The Morgan fingerprint density at radius 2 is 1.64 bits per heavy atom. The predicted octanol–water partition coefficient (Wildman–Crippen LogP) is 4.05. The maximum atomic E-state index is 12.0. The molecule has 0 unspecified atom stereocenters. The molecule has 0 bridgehead atoms. The Hall–Kier alpha value is -1.07. The highest BCUT2D eigenvalue weighted by Crippen LogP contribution is 2.13. The van der Waals surface area contributed by atoms with E-state index in [1.165, 1.54) is 0 Å². The van der Waals surface area contributed by atoms with Crippen molar-refractivity contribution in [3.05, 3.63) is 69.7 Å². The Morgan fingerprint density at radius 1 is 0.909 bits per heavy atom. The monoisotopic (exact) mass is 357 g/mol. The van der Waals surface area contributed by atoms with Crippen molar-refractivity contribution in [1.82, 2.24) is 4.72 Å². The Labute approximate surface area is 141 Å². The molecule has 0 aromatic heterocycles. The molecule has 0 fully saturated rings. The van der Waals surface area contributed by atoms with Crippen LogP contribution in [0.5, 0.6) is 0 Å². The van der Waals surface area contributed by atoms with Crippen molar-refractivity contribution in [2.75, 3.05) is 6.54 Å². The van der Waals surface area contributed by atoms with Crippen LogP contribution < -0.4 is 4.72 Å². The van der Waals surface area contributed by atoms with Gasteiger partial charge in [-0.25, -0.2) is 13.1 Å². The van der Waals surface area contributed by atoms with Gasteiger partial charge in [-0.2, -0.15) is 0 Å². The summed E-state index contributed by atoms with van der Waals surface area (Å²) in [6.07, 6.45) is 1.53. The van der Waals surface area contributed by atoms with Gasteiger partial charge in [-0.05, 0) is 48.2 Å². The fourth-order valence-corrected chi connectivity index (χ4v) is 3.58. The van der Waals surface area contributed by atoms with E-state index >= 15 is 0 Å². The molecule has 3 nitrogen and oxygen atoms in total. The molecular weight excluding hydrogens is 341 g/mol. The summed E-state index contributed by atoms with van der Waals surface area (Å²) >= 11 is 11.7. The van der Waals surface area contributed by atoms with Gasteiger partial charge >= 0.3 is 0 Å². The Bertz CT molecular complexity index is 715. The number of hydrogen-bond acceptors (Lipinski definition) is 2. The first-order chi connectivity index (χ1) is 10.4. The molecule has 0 amide bonds. The van der Waals surface area contributed by atoms with E-state index in [1.807, 2.05) is 24.3 Å². The van der Waals surface area contributed by atoms with Gasteiger partial charge in [0.15, 0.2) is 0 Å². The van der Waals surface area contributed by atoms with E-state index in [4.69, 9.17) is 23.2 Å². The second-order valence-electron chi connectivity index (χ2n) is 5.01. The quantitative estimate of drug-likeness (QED) is 0.759. The molecule has 6 heteroatoms. The average molecular weight is 358 g/mol. The summed E-state index contributed by atoms with van der Waals surface area (Å²) in [4.78, 5) is 0. The maximum absolute atomic E-state index is 12.0. The summed E-state index contributed by atoms with van der Waals surface area (Å²) in [6.45, 7) is 0.408. The first-order valence-corrected chi connectivity index (χ1v) is 9.32. The number of aryl methyl sites for hydroxylation is 1. The Morgan fingerprint density at radius 3 is 2.32 bits per heavy atom. The minimum Gasteiger partial charge on any atom is -0.215 e. The maximum Gasteiger partial charge on any atom is 0.215 e. The number of sulfonamides is 1. The minimum atomic E-state index is -3.34. The van der Waals surface area contributed by atoms with Gasteiger partial charge in [-0.15, -0.1) is 0 Å². The standard InChI is InChI=1S/C16H17Cl2NO2S/c17-15-8-6-13(7-9-15)4-2-10-19-22(20,21)12-14-3-1-5-16(18)11-14/h1,3,5-9,11,19H,2,4,10,12H2. The lowest BCUT2D eigenvalue weighted by Crippen LogP contribution is -2.26. The molecule has 0 heterocycles. The highest BCUT2D eigenvalue weighted by molar-refractivity contribution is 7.88. The second-order valence-corrected chi connectivity index (χ2v) is 7.69. The molecule has 0 spiro atoms. The topological polar surface area (TPSA) is 46.2 Å². The highest BCUT2D eigenvalue weighted by atomic mass is 35.5. The summed E-state index contributed by atoms with van der Waals surface area (Å²) in [5.41, 5.74) is 1.82. The van der Waals surface area contributed by atoms with Crippen LogP contribution in [0.3, 0.4) is 0 Å². The van der Waals surface area contributed by atoms with Crippen LogP contribution in [0.25, 0.3) is 0 Å². The normalized spacial score (nSPS) is 11.5. The molecule has 118 valence electrons. The van der Waals surface area contributed by atoms with E-state index < -0.39 is 10.0 Å². The first kappa shape index (κ1) is 17.3. The van der Waals surface area contributed by atoms with Gasteiger partial charge in [-0.3, -0.25) is 0 Å². The molecule has 0 aliphatic rings. The summed E-state index contributed by atoms with van der Waals surface area (Å²) in [6, 6.07) is 14.4. The molecule has 0 radical (unpaired) electrons. The van der Waals surface area contributed by atoms with E-state index in [0.717, 1.165) is 18.4 Å². The van der Waals surface area contributed by atoms with Crippen LogP contribution in [0.4, 0.5) is 0 Å². The number of benzene rings is 2. The van der Waals surface area contributed by atoms with Crippen LogP contribution in [0.1, 0.15) is 17.5 Å². The summed E-state index contributed by atoms with van der Waals surface area (Å²) < 4.78 is 26.6. The van der Waals surface area contributed by atoms with Crippen LogP contribution in [0.2, 0.25) is 10.0 Å². The molecule has 0 saturated carbocycles. The molecule has 0 aliphatic carbocycles. The van der Waals surface area contributed by atoms with Crippen molar-refractivity contribution in [2.24, 2.45) is 0 Å². The summed E-state index contributed by atoms with van der Waals surface area (Å²) in [7, 11) is -3.34. The largest absolute Gasteiger partial charge is 0.215 e. The lowest BCUT2D eigenvalue weighted by atomic mass is 10.1. The Balaban J connectivity index is 1.79. The molecular formula is C16H17Cl2NO2S. The van der Waals surface area contributed by atoms with E-state index in [0.29, 0.717) is 22.2 Å². The van der Waals surface area contributed by atoms with Gasteiger partial charge in [0.05, 0.1) is 5.75 Å². The number of halogens is 2. The molecule has 2 aromatic carbocycles. The van der Waals surface area contributed by atoms with Gasteiger partial charge < -0.3 is 0 Å². The van der Waals surface area contributed by atoms with E-state index in [2.05, 4.69) is 4.72 Å². The third-order valence-electron chi connectivity index (χ3n) is 3.12. The minimum absolute atomic E-state index is 0.0610. The smallest absolute Gasteiger partial charge is 0.215 e. The summed E-state index contributed by atoms with van der Waals surface area (Å²) in [5.74, 6) is -0.0610. The third kappa shape index (κ3) is 5.97. The number of nitrogens with one attached hydrogen (secondary N) is 1. The molecule has 0 atom stereocenters. The zero-order chi connectivity index (χ0) is 16.0. The van der Waals surface area contributed by atoms with Crippen LogP contribution in [0.15, 0.2) is 48.5 Å². The SMILES string of the molecule is O=S(=O)(Cc1cccc(Cl)c1)NCCCc1ccc(Cl)cc1. The molecule has 0 saturated heterocycles. The van der Waals surface area contributed by atoms with E-state index in [1.54, 1.807) is 24.3 Å². The number of rotatable bonds is 7. The van der Waals surface area contributed by atoms with Gasteiger partial charge in [0.1, 0.15) is 0 Å². The lowest BCUT2D eigenvalue weighted by Gasteiger charge is -2.07. The van der Waals surface area contributed by atoms with Crippen molar-refractivity contribution in [2.45, 2.75) is 18.6 Å². The van der Waals surface area contributed by atoms with Crippen molar-refractivity contribution < 1.29 is 8.42 Å². The lowest BCUT2D eigenvalue weighted by molar-refractivity contribution is 0.578. The molecule has 22 heavy (non-hydrogen) atoms. The van der Waals surface area contributed by atoms with Crippen molar-refractivity contribution in [3.63, 3.8) is 0 Å². The fourth-order valence-electron chi connectivity index (χ4n) is 2.07. The predicted molar refractivity (Wildman–Crippen MR) is 91.9 cm³/mol. The van der Waals surface area contributed by atoms with E-state index in [-0.39, 0.29) is 5.75 Å². The van der Waals surface area contributed by atoms with Crippen LogP contribution in [-0.2, 0) is 22.2 Å². The second kappa shape index (κ2) is 7.97. The zero-order valence-electron chi connectivity index (χ0n) is 11.9. The number of hydrogen-bond donors (Lipinski definition) is 1. The third-order valence-corrected chi connectivity index (χ3v) is 4.97. The van der Waals surface area contributed by atoms with Gasteiger partial charge in [0.2, 0.25) is 10.0 Å². The molecule has 0 aliphatic heterocycles.